The van der Waals surface area contributed by atoms with E-state index in [9.17, 15) is 13.6 Å². The van der Waals surface area contributed by atoms with Gasteiger partial charge in [0.1, 0.15) is 17.3 Å². The number of carbonyl (C=O) groups is 1. The minimum absolute atomic E-state index is 0.0728. The highest BCUT2D eigenvalue weighted by Crippen LogP contribution is 2.25. The summed E-state index contributed by atoms with van der Waals surface area (Å²) in [6, 6.07) is 2.03. The number of esters is 1. The van der Waals surface area contributed by atoms with Gasteiger partial charge in [-0.15, -0.1) is 0 Å². The third-order valence-electron chi connectivity index (χ3n) is 3.09. The minimum atomic E-state index is -0.748. The average molecular weight is 270 g/mol. The van der Waals surface area contributed by atoms with Crippen LogP contribution in [0, 0.1) is 11.6 Å². The molecule has 0 bridgehead atoms. The molecule has 1 heterocycles. The first-order valence-corrected chi connectivity index (χ1v) is 6.16. The van der Waals surface area contributed by atoms with Gasteiger partial charge in [-0.25, -0.2) is 13.6 Å². The van der Waals surface area contributed by atoms with Gasteiger partial charge >= 0.3 is 5.97 Å². The summed E-state index contributed by atoms with van der Waals surface area (Å²) in [6.45, 7) is 2.63. The second kappa shape index (κ2) is 5.97. The van der Waals surface area contributed by atoms with E-state index in [-0.39, 0.29) is 11.3 Å². The van der Waals surface area contributed by atoms with Gasteiger partial charge in [0, 0.05) is 19.6 Å². The van der Waals surface area contributed by atoms with Gasteiger partial charge in [-0.1, -0.05) is 0 Å². The lowest BCUT2D eigenvalue weighted by molar-refractivity contribution is 0.0599. The van der Waals surface area contributed by atoms with Crippen molar-refractivity contribution >= 4 is 11.7 Å². The van der Waals surface area contributed by atoms with Crippen molar-refractivity contribution in [1.82, 2.24) is 5.32 Å². The number of nitrogens with one attached hydrogen (secondary N) is 1. The molecule has 0 saturated carbocycles. The van der Waals surface area contributed by atoms with Crippen molar-refractivity contribution in [3.05, 3.63) is 29.3 Å². The maximum atomic E-state index is 14.0. The minimum Gasteiger partial charge on any atom is -0.465 e. The Hall–Kier alpha value is -1.69. The Bertz CT molecular complexity index is 449. The number of nitrogens with zero attached hydrogens (tertiary/aromatic N) is 1. The summed E-state index contributed by atoms with van der Waals surface area (Å²) >= 11 is 0. The number of ether oxygens (including phenoxy) is 1. The van der Waals surface area contributed by atoms with Crippen molar-refractivity contribution in [3.63, 3.8) is 0 Å². The van der Waals surface area contributed by atoms with Gasteiger partial charge < -0.3 is 15.0 Å². The van der Waals surface area contributed by atoms with Gasteiger partial charge in [0.15, 0.2) is 0 Å². The second-order valence-corrected chi connectivity index (χ2v) is 4.37. The highest BCUT2D eigenvalue weighted by Gasteiger charge is 2.21. The Balaban J connectivity index is 2.32. The lowest BCUT2D eigenvalue weighted by Gasteiger charge is -2.23. The number of halogens is 2. The average Bonchev–Trinajstić information content (AvgIpc) is 2.66. The molecule has 1 saturated heterocycles. The highest BCUT2D eigenvalue weighted by molar-refractivity contribution is 5.89. The predicted molar refractivity (Wildman–Crippen MR) is 67.4 cm³/mol. The van der Waals surface area contributed by atoms with Crippen LogP contribution in [0.5, 0.6) is 0 Å². The lowest BCUT2D eigenvalue weighted by atomic mass is 10.1. The van der Waals surface area contributed by atoms with Gasteiger partial charge in [0.05, 0.1) is 12.7 Å². The molecule has 1 aliphatic rings. The fraction of sp³-hybridized carbons (Fsp3) is 0.462. The number of methoxy groups -OCH3 is 1. The fourth-order valence-electron chi connectivity index (χ4n) is 2.17. The quantitative estimate of drug-likeness (QED) is 0.828. The molecule has 0 aliphatic carbocycles. The first-order valence-electron chi connectivity index (χ1n) is 6.16. The molecule has 0 atom stereocenters. The van der Waals surface area contributed by atoms with Crippen LogP contribution >= 0.6 is 0 Å². The highest BCUT2D eigenvalue weighted by atomic mass is 19.1. The van der Waals surface area contributed by atoms with Gasteiger partial charge in [-0.05, 0) is 25.1 Å². The first kappa shape index (κ1) is 13.7. The van der Waals surface area contributed by atoms with Crippen molar-refractivity contribution < 1.29 is 18.3 Å². The van der Waals surface area contributed by atoms with E-state index in [1.165, 1.54) is 7.11 Å². The van der Waals surface area contributed by atoms with Crippen LogP contribution in [0.2, 0.25) is 0 Å². The Morgan fingerprint density at radius 3 is 2.58 bits per heavy atom. The summed E-state index contributed by atoms with van der Waals surface area (Å²) in [6.07, 6.45) is 0.817. The molecule has 19 heavy (non-hydrogen) atoms. The number of rotatable bonds is 2. The lowest BCUT2D eigenvalue weighted by Crippen LogP contribution is -2.29. The van der Waals surface area contributed by atoms with Crippen molar-refractivity contribution in [3.8, 4) is 0 Å². The molecule has 104 valence electrons. The summed E-state index contributed by atoms with van der Waals surface area (Å²) in [4.78, 5) is 12.9. The van der Waals surface area contributed by atoms with Crippen LogP contribution in [0.4, 0.5) is 14.5 Å². The normalized spacial score (nSPS) is 16.1. The van der Waals surface area contributed by atoms with E-state index in [0.717, 1.165) is 25.1 Å². The summed E-state index contributed by atoms with van der Waals surface area (Å²) in [5, 5.41) is 3.16. The number of benzene rings is 1. The van der Waals surface area contributed by atoms with Crippen LogP contribution in [-0.4, -0.2) is 39.3 Å². The summed E-state index contributed by atoms with van der Waals surface area (Å²) in [5.74, 6) is -2.22. The monoisotopic (exact) mass is 270 g/mol. The van der Waals surface area contributed by atoms with E-state index in [4.69, 9.17) is 0 Å². The van der Waals surface area contributed by atoms with Crippen molar-refractivity contribution in [2.24, 2.45) is 0 Å². The van der Waals surface area contributed by atoms with E-state index in [0.29, 0.717) is 19.6 Å². The molecule has 0 amide bonds. The van der Waals surface area contributed by atoms with E-state index in [2.05, 4.69) is 10.1 Å². The van der Waals surface area contributed by atoms with Crippen LogP contribution in [0.15, 0.2) is 12.1 Å². The molecular formula is C13H16F2N2O2. The van der Waals surface area contributed by atoms with Gasteiger partial charge in [0.25, 0.3) is 0 Å². The van der Waals surface area contributed by atoms with Crippen molar-refractivity contribution in [2.45, 2.75) is 6.42 Å². The first-order chi connectivity index (χ1) is 9.13. The van der Waals surface area contributed by atoms with Crippen molar-refractivity contribution in [1.29, 1.82) is 0 Å². The SMILES string of the molecule is COC(=O)c1cc(F)c(N2CCCNCC2)c(F)c1. The molecule has 2 rings (SSSR count). The van der Waals surface area contributed by atoms with Gasteiger partial charge in [-0.3, -0.25) is 0 Å². The van der Waals surface area contributed by atoms with E-state index >= 15 is 0 Å². The molecule has 1 aliphatic heterocycles. The number of anilines is 1. The summed E-state index contributed by atoms with van der Waals surface area (Å²) < 4.78 is 32.5. The van der Waals surface area contributed by atoms with Crippen LogP contribution in [0.3, 0.4) is 0 Å². The van der Waals surface area contributed by atoms with E-state index in [1.807, 2.05) is 0 Å². The number of carbonyl (C=O) groups excluding carboxylic acids is 1. The summed E-state index contributed by atoms with van der Waals surface area (Å²) in [5.41, 5.74) is -0.189. The number of hydrogen-bond acceptors (Lipinski definition) is 4. The summed E-state index contributed by atoms with van der Waals surface area (Å²) in [7, 11) is 1.17. The third-order valence-corrected chi connectivity index (χ3v) is 3.09. The second-order valence-electron chi connectivity index (χ2n) is 4.37. The molecule has 4 nitrogen and oxygen atoms in total. The van der Waals surface area contributed by atoms with Gasteiger partial charge in [0.2, 0.25) is 0 Å². The largest absolute Gasteiger partial charge is 0.465 e. The molecule has 0 spiro atoms. The Kier molecular flexibility index (Phi) is 4.31. The topological polar surface area (TPSA) is 41.6 Å². The van der Waals surface area contributed by atoms with Crippen molar-refractivity contribution in [2.75, 3.05) is 38.2 Å². The van der Waals surface area contributed by atoms with E-state index in [1.54, 1.807) is 4.90 Å². The smallest absolute Gasteiger partial charge is 0.338 e. The predicted octanol–water partition coefficient (Wildman–Crippen LogP) is 1.55. The fourth-order valence-corrected chi connectivity index (χ4v) is 2.17. The van der Waals surface area contributed by atoms with Crippen LogP contribution in [0.25, 0.3) is 0 Å². The maximum Gasteiger partial charge on any atom is 0.338 e. The van der Waals surface area contributed by atoms with Crippen LogP contribution in [-0.2, 0) is 4.74 Å². The molecule has 1 aromatic rings. The van der Waals surface area contributed by atoms with Crippen LogP contribution in [0.1, 0.15) is 16.8 Å². The molecule has 1 fully saturated rings. The molecule has 0 radical (unpaired) electrons. The Morgan fingerprint density at radius 2 is 1.95 bits per heavy atom. The van der Waals surface area contributed by atoms with Crippen LogP contribution < -0.4 is 10.2 Å². The molecule has 0 aromatic heterocycles. The van der Waals surface area contributed by atoms with E-state index < -0.39 is 17.6 Å². The molecule has 1 N–H and O–H groups in total. The number of hydrogen-bond donors (Lipinski definition) is 1. The third kappa shape index (κ3) is 3.01. The molecule has 0 unspecified atom stereocenters. The Morgan fingerprint density at radius 1 is 1.26 bits per heavy atom. The zero-order chi connectivity index (χ0) is 13.8. The molecular weight excluding hydrogens is 254 g/mol. The Labute approximate surface area is 110 Å². The van der Waals surface area contributed by atoms with Gasteiger partial charge in [-0.2, -0.15) is 0 Å². The molecule has 1 aromatic carbocycles. The zero-order valence-corrected chi connectivity index (χ0v) is 10.7. The zero-order valence-electron chi connectivity index (χ0n) is 10.7. The standard InChI is InChI=1S/C13H16F2N2O2/c1-19-13(18)9-7-10(14)12(11(15)8-9)17-5-2-3-16-4-6-17/h7-8,16H,2-6H2,1H3. The molecule has 6 heteroatoms. The maximum absolute atomic E-state index is 14.0.